The fourth-order valence-corrected chi connectivity index (χ4v) is 2.88. The predicted molar refractivity (Wildman–Crippen MR) is 75.0 cm³/mol. The van der Waals surface area contributed by atoms with E-state index in [0.717, 1.165) is 51.4 Å². The third-order valence-electron chi connectivity index (χ3n) is 4.37. The summed E-state index contributed by atoms with van der Waals surface area (Å²) >= 11 is 0. The summed E-state index contributed by atoms with van der Waals surface area (Å²) in [5.41, 5.74) is 0.371. The molecule has 2 aliphatic heterocycles. The molecule has 0 unspecified atom stereocenters. The number of piperazine rings is 1. The summed E-state index contributed by atoms with van der Waals surface area (Å²) < 4.78 is 37.5. The monoisotopic (exact) mass is 299 g/mol. The third kappa shape index (κ3) is 3.56. The Morgan fingerprint density at radius 3 is 2.10 bits per heavy atom. The lowest BCUT2D eigenvalue weighted by Gasteiger charge is -2.43. The van der Waals surface area contributed by atoms with E-state index in [4.69, 9.17) is 0 Å². The van der Waals surface area contributed by atoms with E-state index in [2.05, 4.69) is 15.1 Å². The summed E-state index contributed by atoms with van der Waals surface area (Å²) in [6, 6.07) is 6.20. The lowest BCUT2D eigenvalue weighted by atomic mass is 10.1. The standard InChI is InChI=1S/C15H20F3N3/c16-15(17,18)13-3-1-12(2-4-13)11-20-5-7-21(8-6-20)14-9-19-10-14/h1-4,14,19H,5-11H2. The molecule has 2 saturated heterocycles. The Morgan fingerprint density at radius 1 is 1.00 bits per heavy atom. The first-order valence-corrected chi connectivity index (χ1v) is 7.35. The molecule has 1 N–H and O–H groups in total. The van der Waals surface area contributed by atoms with Crippen LogP contribution in [0, 0.1) is 0 Å². The molecule has 2 fully saturated rings. The minimum absolute atomic E-state index is 0.575. The Morgan fingerprint density at radius 2 is 1.62 bits per heavy atom. The summed E-state index contributed by atoms with van der Waals surface area (Å²) in [4.78, 5) is 4.81. The van der Waals surface area contributed by atoms with Crippen molar-refractivity contribution in [2.24, 2.45) is 0 Å². The second-order valence-corrected chi connectivity index (χ2v) is 5.82. The molecule has 2 heterocycles. The lowest BCUT2D eigenvalue weighted by Crippen LogP contribution is -2.61. The van der Waals surface area contributed by atoms with Crippen molar-refractivity contribution in [3.63, 3.8) is 0 Å². The maximum absolute atomic E-state index is 12.5. The molecule has 0 atom stereocenters. The van der Waals surface area contributed by atoms with Gasteiger partial charge in [-0.05, 0) is 17.7 Å². The van der Waals surface area contributed by atoms with Crippen molar-refractivity contribution >= 4 is 0 Å². The summed E-state index contributed by atoms with van der Waals surface area (Å²) in [6.07, 6.45) is -4.25. The Kier molecular flexibility index (Phi) is 4.19. The van der Waals surface area contributed by atoms with E-state index in [-0.39, 0.29) is 0 Å². The molecule has 3 nitrogen and oxygen atoms in total. The minimum atomic E-state index is -4.25. The summed E-state index contributed by atoms with van der Waals surface area (Å²) in [5, 5.41) is 3.28. The maximum atomic E-state index is 12.5. The molecule has 1 aromatic rings. The van der Waals surface area contributed by atoms with Gasteiger partial charge in [0.25, 0.3) is 0 Å². The minimum Gasteiger partial charge on any atom is -0.314 e. The van der Waals surface area contributed by atoms with E-state index < -0.39 is 11.7 Å². The normalized spacial score (nSPS) is 22.2. The van der Waals surface area contributed by atoms with Crippen LogP contribution in [0.3, 0.4) is 0 Å². The van der Waals surface area contributed by atoms with Crippen molar-refractivity contribution in [1.82, 2.24) is 15.1 Å². The Labute approximate surface area is 122 Å². The number of hydrogen-bond donors (Lipinski definition) is 1. The van der Waals surface area contributed by atoms with Gasteiger partial charge in [0.05, 0.1) is 5.56 Å². The van der Waals surface area contributed by atoms with E-state index in [1.54, 1.807) is 12.1 Å². The van der Waals surface area contributed by atoms with Gasteiger partial charge in [0.15, 0.2) is 0 Å². The smallest absolute Gasteiger partial charge is 0.314 e. The topological polar surface area (TPSA) is 18.5 Å². The van der Waals surface area contributed by atoms with Crippen molar-refractivity contribution in [1.29, 1.82) is 0 Å². The maximum Gasteiger partial charge on any atom is 0.416 e. The Balaban J connectivity index is 1.51. The van der Waals surface area contributed by atoms with Crippen LogP contribution in [0.2, 0.25) is 0 Å². The van der Waals surface area contributed by atoms with Crippen LogP contribution in [0.1, 0.15) is 11.1 Å². The van der Waals surface area contributed by atoms with Crippen LogP contribution >= 0.6 is 0 Å². The molecule has 6 heteroatoms. The molecular formula is C15H20F3N3. The number of hydrogen-bond acceptors (Lipinski definition) is 3. The third-order valence-corrected chi connectivity index (χ3v) is 4.37. The van der Waals surface area contributed by atoms with Gasteiger partial charge in [-0.3, -0.25) is 9.80 Å². The van der Waals surface area contributed by atoms with E-state index >= 15 is 0 Å². The number of benzene rings is 1. The number of rotatable bonds is 3. The predicted octanol–water partition coefficient (Wildman–Crippen LogP) is 1.79. The summed E-state index contributed by atoms with van der Waals surface area (Å²) in [6.45, 7) is 6.96. The molecular weight excluding hydrogens is 279 g/mol. The molecule has 0 amide bonds. The second-order valence-electron chi connectivity index (χ2n) is 5.82. The fraction of sp³-hybridized carbons (Fsp3) is 0.600. The van der Waals surface area contributed by atoms with Gasteiger partial charge in [-0.15, -0.1) is 0 Å². The average Bonchev–Trinajstić information content (AvgIpc) is 2.39. The first-order chi connectivity index (χ1) is 10.0. The number of nitrogens with zero attached hydrogens (tertiary/aromatic N) is 2. The Hall–Kier alpha value is -1.11. The zero-order valence-corrected chi connectivity index (χ0v) is 11.9. The highest BCUT2D eigenvalue weighted by molar-refractivity contribution is 5.24. The number of halogens is 3. The molecule has 1 aromatic carbocycles. The first-order valence-electron chi connectivity index (χ1n) is 7.35. The second kappa shape index (κ2) is 5.94. The van der Waals surface area contributed by atoms with Crippen molar-refractivity contribution in [2.75, 3.05) is 39.3 Å². The van der Waals surface area contributed by atoms with Gasteiger partial charge in [-0.25, -0.2) is 0 Å². The highest BCUT2D eigenvalue weighted by Crippen LogP contribution is 2.29. The Bertz CT molecular complexity index is 460. The van der Waals surface area contributed by atoms with E-state index in [9.17, 15) is 13.2 Å². The zero-order chi connectivity index (χ0) is 14.9. The molecule has 0 aliphatic carbocycles. The van der Waals surface area contributed by atoms with Crippen molar-refractivity contribution in [2.45, 2.75) is 18.8 Å². The molecule has 116 valence electrons. The van der Waals surface area contributed by atoms with E-state index in [0.29, 0.717) is 6.04 Å². The fourth-order valence-electron chi connectivity index (χ4n) is 2.88. The largest absolute Gasteiger partial charge is 0.416 e. The highest BCUT2D eigenvalue weighted by atomic mass is 19.4. The molecule has 21 heavy (non-hydrogen) atoms. The first kappa shape index (κ1) is 14.8. The molecule has 0 radical (unpaired) electrons. The van der Waals surface area contributed by atoms with Crippen molar-refractivity contribution in [3.05, 3.63) is 35.4 Å². The van der Waals surface area contributed by atoms with Gasteiger partial charge in [0.2, 0.25) is 0 Å². The molecule has 0 saturated carbocycles. The van der Waals surface area contributed by atoms with Crippen LogP contribution in [0.5, 0.6) is 0 Å². The summed E-state index contributed by atoms with van der Waals surface area (Å²) in [5.74, 6) is 0. The van der Waals surface area contributed by atoms with Crippen molar-refractivity contribution < 1.29 is 13.2 Å². The van der Waals surface area contributed by atoms with Gasteiger partial charge in [0, 0.05) is 51.9 Å². The van der Waals surface area contributed by atoms with Crippen LogP contribution in [0.15, 0.2) is 24.3 Å². The van der Waals surface area contributed by atoms with Gasteiger partial charge < -0.3 is 5.32 Å². The summed E-state index contributed by atoms with van der Waals surface area (Å²) in [7, 11) is 0. The van der Waals surface area contributed by atoms with Crippen LogP contribution in [0.4, 0.5) is 13.2 Å². The van der Waals surface area contributed by atoms with Gasteiger partial charge >= 0.3 is 6.18 Å². The molecule has 0 aromatic heterocycles. The number of nitrogens with one attached hydrogen (secondary N) is 1. The van der Waals surface area contributed by atoms with Crippen LogP contribution in [-0.2, 0) is 12.7 Å². The van der Waals surface area contributed by atoms with E-state index in [1.807, 2.05) is 0 Å². The van der Waals surface area contributed by atoms with Gasteiger partial charge in [0.1, 0.15) is 0 Å². The van der Waals surface area contributed by atoms with Crippen LogP contribution < -0.4 is 5.32 Å². The molecule has 0 bridgehead atoms. The van der Waals surface area contributed by atoms with Crippen molar-refractivity contribution in [3.8, 4) is 0 Å². The van der Waals surface area contributed by atoms with Gasteiger partial charge in [-0.2, -0.15) is 13.2 Å². The highest BCUT2D eigenvalue weighted by Gasteiger charge is 2.30. The SMILES string of the molecule is FC(F)(F)c1ccc(CN2CCN(C3CNC3)CC2)cc1. The zero-order valence-electron chi connectivity index (χ0n) is 11.9. The molecule has 2 aliphatic rings. The molecule has 0 spiro atoms. The van der Waals surface area contributed by atoms with Crippen LogP contribution in [0.25, 0.3) is 0 Å². The average molecular weight is 299 g/mol. The molecule has 3 rings (SSSR count). The quantitative estimate of drug-likeness (QED) is 0.918. The van der Waals surface area contributed by atoms with E-state index in [1.165, 1.54) is 12.1 Å². The van der Waals surface area contributed by atoms with Crippen LogP contribution in [-0.4, -0.2) is 55.1 Å². The lowest BCUT2D eigenvalue weighted by molar-refractivity contribution is -0.137. The van der Waals surface area contributed by atoms with Gasteiger partial charge in [-0.1, -0.05) is 12.1 Å². The number of alkyl halides is 3.